The van der Waals surface area contributed by atoms with Crippen LogP contribution in [0.5, 0.6) is 5.75 Å². The van der Waals surface area contributed by atoms with E-state index in [1.807, 2.05) is 68.4 Å². The van der Waals surface area contributed by atoms with Crippen molar-refractivity contribution in [2.24, 2.45) is 0 Å². The first-order valence-electron chi connectivity index (χ1n) is 11.3. The molecule has 0 radical (unpaired) electrons. The van der Waals surface area contributed by atoms with E-state index in [-0.39, 0.29) is 30.2 Å². The van der Waals surface area contributed by atoms with Crippen LogP contribution in [-0.4, -0.2) is 29.1 Å². The van der Waals surface area contributed by atoms with Crippen molar-refractivity contribution in [3.63, 3.8) is 0 Å². The number of nitrogens with one attached hydrogen (secondary N) is 1. The molecule has 0 spiro atoms. The molecule has 0 fully saturated rings. The number of rotatable bonds is 10. The number of nitrogens with zero attached hydrogens (tertiary/aromatic N) is 1. The first-order chi connectivity index (χ1) is 16.4. The maximum absolute atomic E-state index is 13.3. The van der Waals surface area contributed by atoms with Crippen LogP contribution < -0.4 is 10.1 Å². The van der Waals surface area contributed by atoms with Gasteiger partial charge in [-0.2, -0.15) is 0 Å². The van der Waals surface area contributed by atoms with Gasteiger partial charge in [0, 0.05) is 31.1 Å². The number of carbonyl (C=O) groups is 3. The molecule has 0 heterocycles. The minimum Gasteiger partial charge on any atom is -0.484 e. The number of hydrogen-bond acceptors (Lipinski definition) is 4. The smallest absolute Gasteiger partial charge is 0.261 e. The van der Waals surface area contributed by atoms with E-state index in [9.17, 15) is 14.4 Å². The van der Waals surface area contributed by atoms with Gasteiger partial charge in [-0.15, -0.1) is 0 Å². The van der Waals surface area contributed by atoms with Gasteiger partial charge < -0.3 is 15.0 Å². The molecule has 0 aliphatic heterocycles. The molecule has 34 heavy (non-hydrogen) atoms. The Hall–Kier alpha value is -3.93. The highest BCUT2D eigenvalue weighted by Crippen LogP contribution is 2.25. The molecule has 2 amide bonds. The van der Waals surface area contributed by atoms with Crippen LogP contribution in [0.25, 0.3) is 0 Å². The molecule has 0 unspecified atom stereocenters. The Balaban J connectivity index is 1.77. The summed E-state index contributed by atoms with van der Waals surface area (Å²) in [6, 6.07) is 23.8. The maximum Gasteiger partial charge on any atom is 0.261 e. The molecule has 3 rings (SSSR count). The number of ether oxygens (including phenoxy) is 1. The molecule has 0 aromatic heterocycles. The van der Waals surface area contributed by atoms with Gasteiger partial charge in [-0.1, -0.05) is 49.4 Å². The summed E-state index contributed by atoms with van der Waals surface area (Å²) in [6.45, 7) is 5.52. The molecule has 0 saturated heterocycles. The zero-order valence-corrected chi connectivity index (χ0v) is 19.8. The SMILES string of the molecule is CCC(=O)c1ccc(OCC(=O)N(Cc2ccccc2)[C@H](C)c2cccc(NC(C)=O)c2)cc1. The summed E-state index contributed by atoms with van der Waals surface area (Å²) in [5, 5.41) is 2.79. The second-order valence-corrected chi connectivity index (χ2v) is 8.08. The van der Waals surface area contributed by atoms with Crippen molar-refractivity contribution in [3.05, 3.63) is 95.6 Å². The quantitative estimate of drug-likeness (QED) is 0.413. The molecule has 3 aromatic rings. The fourth-order valence-corrected chi connectivity index (χ4v) is 3.65. The minimum atomic E-state index is -0.255. The van der Waals surface area contributed by atoms with Crippen molar-refractivity contribution >= 4 is 23.3 Å². The van der Waals surface area contributed by atoms with E-state index in [0.29, 0.717) is 30.0 Å². The molecular formula is C28H30N2O4. The summed E-state index contributed by atoms with van der Waals surface area (Å²) in [5.74, 6) is 0.269. The fourth-order valence-electron chi connectivity index (χ4n) is 3.65. The molecule has 1 N–H and O–H groups in total. The second-order valence-electron chi connectivity index (χ2n) is 8.08. The Bertz CT molecular complexity index is 1130. The summed E-state index contributed by atoms with van der Waals surface area (Å²) >= 11 is 0. The molecule has 6 heteroatoms. The van der Waals surface area contributed by atoms with Gasteiger partial charge in [-0.25, -0.2) is 0 Å². The van der Waals surface area contributed by atoms with Gasteiger partial charge in [0.25, 0.3) is 5.91 Å². The van der Waals surface area contributed by atoms with Crippen molar-refractivity contribution in [2.45, 2.75) is 39.8 Å². The number of Topliss-reactive ketones (excluding diaryl/α,β-unsaturated/α-hetero) is 1. The van der Waals surface area contributed by atoms with Crippen LogP contribution in [0.2, 0.25) is 0 Å². The Morgan fingerprint density at radius 1 is 0.941 bits per heavy atom. The number of ketones is 1. The highest BCUT2D eigenvalue weighted by atomic mass is 16.5. The first kappa shape index (κ1) is 24.7. The van der Waals surface area contributed by atoms with Crippen molar-refractivity contribution in [1.29, 1.82) is 0 Å². The van der Waals surface area contributed by atoms with Gasteiger partial charge in [0.2, 0.25) is 5.91 Å². The van der Waals surface area contributed by atoms with Gasteiger partial charge >= 0.3 is 0 Å². The summed E-state index contributed by atoms with van der Waals surface area (Å²) in [4.78, 5) is 38.3. The minimum absolute atomic E-state index is 0.0620. The standard InChI is InChI=1S/C28H30N2O4/c1-4-27(32)23-13-15-26(16-14-23)34-19-28(33)30(18-22-9-6-5-7-10-22)20(2)24-11-8-12-25(17-24)29-21(3)31/h5-17,20H,4,18-19H2,1-3H3,(H,29,31)/t20-/m1/s1. The summed E-state index contributed by atoms with van der Waals surface area (Å²) in [5.41, 5.74) is 3.21. The largest absolute Gasteiger partial charge is 0.484 e. The van der Waals surface area contributed by atoms with E-state index in [0.717, 1.165) is 11.1 Å². The van der Waals surface area contributed by atoms with Gasteiger partial charge in [0.05, 0.1) is 6.04 Å². The topological polar surface area (TPSA) is 75.7 Å². The fraction of sp³-hybridized carbons (Fsp3) is 0.250. The number of anilines is 1. The number of benzene rings is 3. The van der Waals surface area contributed by atoms with Crippen LogP contribution in [0.3, 0.4) is 0 Å². The summed E-state index contributed by atoms with van der Waals surface area (Å²) in [7, 11) is 0. The predicted octanol–water partition coefficient (Wildman–Crippen LogP) is 5.41. The predicted molar refractivity (Wildman–Crippen MR) is 133 cm³/mol. The monoisotopic (exact) mass is 458 g/mol. The van der Waals surface area contributed by atoms with E-state index >= 15 is 0 Å². The lowest BCUT2D eigenvalue weighted by molar-refractivity contribution is -0.136. The van der Waals surface area contributed by atoms with E-state index in [4.69, 9.17) is 4.74 Å². The van der Waals surface area contributed by atoms with E-state index in [2.05, 4.69) is 5.32 Å². The second kappa shape index (κ2) is 11.8. The first-order valence-corrected chi connectivity index (χ1v) is 11.3. The summed E-state index contributed by atoms with van der Waals surface area (Å²) in [6.07, 6.45) is 0.439. The van der Waals surface area contributed by atoms with E-state index in [1.54, 1.807) is 29.2 Å². The van der Waals surface area contributed by atoms with Crippen LogP contribution in [0.15, 0.2) is 78.9 Å². The van der Waals surface area contributed by atoms with Crippen LogP contribution in [-0.2, 0) is 16.1 Å². The van der Waals surface area contributed by atoms with Crippen molar-refractivity contribution < 1.29 is 19.1 Å². The number of carbonyl (C=O) groups excluding carboxylic acids is 3. The molecular weight excluding hydrogens is 428 g/mol. The van der Waals surface area contributed by atoms with Gasteiger partial charge in [-0.05, 0) is 54.4 Å². The van der Waals surface area contributed by atoms with Crippen molar-refractivity contribution in [1.82, 2.24) is 4.90 Å². The third-order valence-corrected chi connectivity index (χ3v) is 5.53. The zero-order valence-electron chi connectivity index (χ0n) is 19.8. The molecule has 0 bridgehead atoms. The van der Waals surface area contributed by atoms with Gasteiger partial charge in [-0.3, -0.25) is 14.4 Å². The van der Waals surface area contributed by atoms with Gasteiger partial charge in [0.1, 0.15) is 5.75 Å². The highest BCUT2D eigenvalue weighted by Gasteiger charge is 2.23. The molecule has 6 nitrogen and oxygen atoms in total. The zero-order chi connectivity index (χ0) is 24.5. The van der Waals surface area contributed by atoms with Gasteiger partial charge in [0.15, 0.2) is 12.4 Å². The molecule has 0 aliphatic carbocycles. The molecule has 176 valence electrons. The lowest BCUT2D eigenvalue weighted by Crippen LogP contribution is -2.36. The maximum atomic E-state index is 13.3. The number of amides is 2. The average molecular weight is 459 g/mol. The normalized spacial score (nSPS) is 11.4. The van der Waals surface area contributed by atoms with E-state index < -0.39 is 0 Å². The molecule has 0 saturated carbocycles. The average Bonchev–Trinajstić information content (AvgIpc) is 2.85. The van der Waals surface area contributed by atoms with Crippen molar-refractivity contribution in [2.75, 3.05) is 11.9 Å². The lowest BCUT2D eigenvalue weighted by Gasteiger charge is -2.30. The molecule has 0 aliphatic rings. The Kier molecular flexibility index (Phi) is 8.57. The molecule has 3 aromatic carbocycles. The van der Waals surface area contributed by atoms with E-state index in [1.165, 1.54) is 6.92 Å². The Morgan fingerprint density at radius 2 is 1.65 bits per heavy atom. The molecule has 1 atom stereocenters. The van der Waals surface area contributed by atoms with Crippen molar-refractivity contribution in [3.8, 4) is 5.75 Å². The third kappa shape index (κ3) is 6.78. The Labute approximate surface area is 200 Å². The van der Waals surface area contributed by atoms with Crippen LogP contribution in [0, 0.1) is 0 Å². The van der Waals surface area contributed by atoms with Crippen LogP contribution in [0.1, 0.15) is 54.7 Å². The highest BCUT2D eigenvalue weighted by molar-refractivity contribution is 5.95. The van der Waals surface area contributed by atoms with Crippen LogP contribution in [0.4, 0.5) is 5.69 Å². The van der Waals surface area contributed by atoms with Crippen LogP contribution >= 0.6 is 0 Å². The lowest BCUT2D eigenvalue weighted by atomic mass is 10.0. The third-order valence-electron chi connectivity index (χ3n) is 5.53. The number of hydrogen-bond donors (Lipinski definition) is 1. The Morgan fingerprint density at radius 3 is 2.29 bits per heavy atom. The summed E-state index contributed by atoms with van der Waals surface area (Å²) < 4.78 is 5.76.